The molecule has 86 valence electrons. The maximum Gasteiger partial charge on any atom is 0.125 e. The first-order valence-electron chi connectivity index (χ1n) is 5.46. The molecule has 1 aromatic carbocycles. The zero-order chi connectivity index (χ0) is 12.0. The van der Waals surface area contributed by atoms with Gasteiger partial charge in [0.05, 0.1) is 12.7 Å². The fourth-order valence-electron chi connectivity index (χ4n) is 1.45. The lowest BCUT2D eigenvalue weighted by atomic mass is 10.1. The van der Waals surface area contributed by atoms with Gasteiger partial charge in [-0.05, 0) is 32.4 Å². The van der Waals surface area contributed by atoms with Gasteiger partial charge < -0.3 is 9.84 Å². The van der Waals surface area contributed by atoms with Gasteiger partial charge in [0.25, 0.3) is 0 Å². The molecule has 0 bridgehead atoms. The molecule has 0 saturated carbocycles. The Bertz CT molecular complexity index is 397. The van der Waals surface area contributed by atoms with Crippen LogP contribution in [0.2, 0.25) is 0 Å². The van der Waals surface area contributed by atoms with Gasteiger partial charge >= 0.3 is 0 Å². The van der Waals surface area contributed by atoms with Crippen LogP contribution in [0.3, 0.4) is 0 Å². The van der Waals surface area contributed by atoms with Crippen LogP contribution in [-0.4, -0.2) is 11.7 Å². The quantitative estimate of drug-likeness (QED) is 0.622. The van der Waals surface area contributed by atoms with Crippen molar-refractivity contribution < 1.29 is 9.84 Å². The second-order valence-electron chi connectivity index (χ2n) is 3.74. The summed E-state index contributed by atoms with van der Waals surface area (Å²) in [4.78, 5) is 0. The molecule has 0 aliphatic rings. The predicted octanol–water partition coefficient (Wildman–Crippen LogP) is 2.84. The molecule has 0 amide bonds. The molecule has 0 unspecified atom stereocenters. The van der Waals surface area contributed by atoms with Crippen molar-refractivity contribution in [1.82, 2.24) is 0 Å². The van der Waals surface area contributed by atoms with Crippen LogP contribution >= 0.6 is 0 Å². The van der Waals surface area contributed by atoms with Crippen LogP contribution in [-0.2, 0) is 0 Å². The largest absolute Gasteiger partial charge is 0.492 e. The van der Waals surface area contributed by atoms with Crippen LogP contribution in [0, 0.1) is 18.8 Å². The van der Waals surface area contributed by atoms with Gasteiger partial charge in [0.2, 0.25) is 0 Å². The molecule has 2 nitrogen and oxygen atoms in total. The topological polar surface area (TPSA) is 29.5 Å². The van der Waals surface area contributed by atoms with E-state index in [1.165, 1.54) is 0 Å². The van der Waals surface area contributed by atoms with E-state index in [9.17, 15) is 5.11 Å². The summed E-state index contributed by atoms with van der Waals surface area (Å²) in [7, 11) is 0. The van der Waals surface area contributed by atoms with E-state index >= 15 is 0 Å². The summed E-state index contributed by atoms with van der Waals surface area (Å²) in [5.41, 5.74) is 1.95. The minimum absolute atomic E-state index is 0.507. The first kappa shape index (κ1) is 12.6. The van der Waals surface area contributed by atoms with Crippen molar-refractivity contribution in [3.63, 3.8) is 0 Å². The van der Waals surface area contributed by atoms with Gasteiger partial charge in [-0.1, -0.05) is 12.1 Å². The average Bonchev–Trinajstić information content (AvgIpc) is 2.24. The predicted molar refractivity (Wildman–Crippen MR) is 65.4 cm³/mol. The number of benzene rings is 1. The molecule has 0 aliphatic carbocycles. The molecule has 2 heteroatoms. The van der Waals surface area contributed by atoms with E-state index in [2.05, 4.69) is 11.8 Å². The molecule has 16 heavy (non-hydrogen) atoms. The molecule has 0 aromatic heterocycles. The fraction of sp³-hybridized carbons (Fsp3) is 0.429. The second kappa shape index (κ2) is 6.19. The van der Waals surface area contributed by atoms with Crippen molar-refractivity contribution in [2.45, 2.75) is 33.3 Å². The molecule has 0 radical (unpaired) electrons. The molecule has 0 spiro atoms. The van der Waals surface area contributed by atoms with Crippen LogP contribution in [0.4, 0.5) is 0 Å². The van der Waals surface area contributed by atoms with Crippen molar-refractivity contribution in [1.29, 1.82) is 0 Å². The van der Waals surface area contributed by atoms with Gasteiger partial charge in [0, 0.05) is 12.0 Å². The second-order valence-corrected chi connectivity index (χ2v) is 3.74. The molecule has 1 N–H and O–H groups in total. The van der Waals surface area contributed by atoms with E-state index in [1.54, 1.807) is 6.92 Å². The highest BCUT2D eigenvalue weighted by Gasteiger charge is 2.08. The Morgan fingerprint density at radius 1 is 1.44 bits per heavy atom. The molecule has 1 atom stereocenters. The minimum atomic E-state index is -0.507. The summed E-state index contributed by atoms with van der Waals surface area (Å²) >= 11 is 0. The van der Waals surface area contributed by atoms with E-state index in [-0.39, 0.29) is 0 Å². The SMILES string of the molecule is CC#CCCOc1cc(C)ccc1[C@@H](C)O. The Kier molecular flexibility index (Phi) is 4.88. The molecular weight excluding hydrogens is 200 g/mol. The zero-order valence-electron chi connectivity index (χ0n) is 10.1. The van der Waals surface area contributed by atoms with Gasteiger partial charge in [0.15, 0.2) is 0 Å². The van der Waals surface area contributed by atoms with Gasteiger partial charge in [-0.25, -0.2) is 0 Å². The Morgan fingerprint density at radius 3 is 2.81 bits per heavy atom. The van der Waals surface area contributed by atoms with Crippen LogP contribution in [0.1, 0.15) is 37.5 Å². The van der Waals surface area contributed by atoms with Gasteiger partial charge in [-0.3, -0.25) is 0 Å². The minimum Gasteiger partial charge on any atom is -0.492 e. The molecule has 1 aromatic rings. The summed E-state index contributed by atoms with van der Waals surface area (Å²) in [6, 6.07) is 5.82. The van der Waals surface area contributed by atoms with Crippen LogP contribution in [0.15, 0.2) is 18.2 Å². The van der Waals surface area contributed by atoms with Crippen LogP contribution in [0.5, 0.6) is 5.75 Å². The van der Waals surface area contributed by atoms with Gasteiger partial charge in [-0.15, -0.1) is 11.8 Å². The zero-order valence-corrected chi connectivity index (χ0v) is 10.1. The molecule has 0 saturated heterocycles. The number of hydrogen-bond acceptors (Lipinski definition) is 2. The Balaban J connectivity index is 2.74. The smallest absolute Gasteiger partial charge is 0.125 e. The third-order valence-electron chi connectivity index (χ3n) is 2.28. The normalized spacial score (nSPS) is 11.5. The first-order chi connectivity index (χ1) is 7.65. The standard InChI is InChI=1S/C14H18O2/c1-4-5-6-9-16-14-10-11(2)7-8-13(14)12(3)15/h7-8,10,12,15H,6,9H2,1-3H3/t12-/m1/s1. The number of ether oxygens (including phenoxy) is 1. The Labute approximate surface area is 97.3 Å². The number of hydrogen-bond donors (Lipinski definition) is 1. The van der Waals surface area contributed by atoms with E-state index in [0.717, 1.165) is 16.9 Å². The first-order valence-corrected chi connectivity index (χ1v) is 5.46. The summed E-state index contributed by atoms with van der Waals surface area (Å²) in [6.07, 6.45) is 0.205. The highest BCUT2D eigenvalue weighted by Crippen LogP contribution is 2.26. The highest BCUT2D eigenvalue weighted by atomic mass is 16.5. The lowest BCUT2D eigenvalue weighted by molar-refractivity contribution is 0.191. The highest BCUT2D eigenvalue weighted by molar-refractivity contribution is 5.38. The fourth-order valence-corrected chi connectivity index (χ4v) is 1.45. The number of aryl methyl sites for hydroxylation is 1. The van der Waals surface area contributed by atoms with Crippen molar-refractivity contribution in [3.05, 3.63) is 29.3 Å². The van der Waals surface area contributed by atoms with Crippen molar-refractivity contribution >= 4 is 0 Å². The summed E-state index contributed by atoms with van der Waals surface area (Å²) < 4.78 is 5.62. The van der Waals surface area contributed by atoms with Crippen molar-refractivity contribution in [3.8, 4) is 17.6 Å². The lowest BCUT2D eigenvalue weighted by Crippen LogP contribution is -2.02. The van der Waals surface area contributed by atoms with E-state index in [1.807, 2.05) is 32.0 Å². The summed E-state index contributed by atoms with van der Waals surface area (Å²) in [6.45, 7) is 6.12. The van der Waals surface area contributed by atoms with E-state index in [4.69, 9.17) is 4.74 Å². The molecule has 0 heterocycles. The van der Waals surface area contributed by atoms with E-state index < -0.39 is 6.10 Å². The molecule has 0 fully saturated rings. The third kappa shape index (κ3) is 3.60. The number of rotatable bonds is 4. The number of aliphatic hydroxyl groups is 1. The lowest BCUT2D eigenvalue weighted by Gasteiger charge is -2.13. The Morgan fingerprint density at radius 2 is 2.19 bits per heavy atom. The molecule has 0 aliphatic heterocycles. The average molecular weight is 218 g/mol. The summed E-state index contributed by atoms with van der Waals surface area (Å²) in [5.74, 6) is 6.52. The Hall–Kier alpha value is -1.46. The van der Waals surface area contributed by atoms with Crippen molar-refractivity contribution in [2.75, 3.05) is 6.61 Å². The maximum absolute atomic E-state index is 9.59. The molecule has 1 rings (SSSR count). The van der Waals surface area contributed by atoms with Crippen LogP contribution < -0.4 is 4.74 Å². The summed E-state index contributed by atoms with van der Waals surface area (Å²) in [5, 5.41) is 9.59. The van der Waals surface area contributed by atoms with Gasteiger partial charge in [0.1, 0.15) is 5.75 Å². The molecular formula is C14H18O2. The van der Waals surface area contributed by atoms with Crippen LogP contribution in [0.25, 0.3) is 0 Å². The van der Waals surface area contributed by atoms with E-state index in [0.29, 0.717) is 13.0 Å². The maximum atomic E-state index is 9.59. The third-order valence-corrected chi connectivity index (χ3v) is 2.28. The van der Waals surface area contributed by atoms with Crippen molar-refractivity contribution in [2.24, 2.45) is 0 Å². The monoisotopic (exact) mass is 218 g/mol. The van der Waals surface area contributed by atoms with Gasteiger partial charge in [-0.2, -0.15) is 0 Å². The number of aliphatic hydroxyl groups excluding tert-OH is 1.